The van der Waals surface area contributed by atoms with Crippen LogP contribution < -0.4 is 38.5 Å². The summed E-state index contributed by atoms with van der Waals surface area (Å²) in [7, 11) is 0. The van der Waals surface area contributed by atoms with Crippen molar-refractivity contribution in [1.82, 2.24) is 21.3 Å². The Labute approximate surface area is 223 Å². The number of ether oxygens (including phenoxy) is 2. The van der Waals surface area contributed by atoms with Crippen molar-refractivity contribution in [2.24, 2.45) is 22.2 Å². The molecule has 2 aliphatic heterocycles. The molecule has 0 aromatic heterocycles. The first kappa shape index (κ1) is 31.9. The van der Waals surface area contributed by atoms with Crippen molar-refractivity contribution in [3.63, 3.8) is 0 Å². The van der Waals surface area contributed by atoms with Gasteiger partial charge >= 0.3 is 12.1 Å². The van der Waals surface area contributed by atoms with Crippen LogP contribution in [0.4, 0.5) is 4.79 Å². The van der Waals surface area contributed by atoms with Crippen LogP contribution in [0.2, 0.25) is 0 Å². The molecule has 0 saturated carbocycles. The monoisotopic (exact) mass is 562 g/mol. The summed E-state index contributed by atoms with van der Waals surface area (Å²) in [6, 6.07) is -4.42. The largest absolute Gasteiger partial charge is 0.480 e. The summed E-state index contributed by atoms with van der Waals surface area (Å²) in [6.45, 7) is 0.819. The molecule has 18 heteroatoms. The maximum atomic E-state index is 12.9. The fourth-order valence-corrected chi connectivity index (χ4v) is 4.27. The smallest absolute Gasteiger partial charge is 0.404 e. The van der Waals surface area contributed by atoms with E-state index in [2.05, 4.69) is 31.0 Å². The number of amides is 3. The highest BCUT2D eigenvalue weighted by atomic mass is 16.6. The molecule has 3 amide bonds. The van der Waals surface area contributed by atoms with Crippen molar-refractivity contribution in [2.45, 2.75) is 81.0 Å². The number of nitrogens with two attached hydrogens (primary N) is 3. The average Bonchev–Trinajstić information content (AvgIpc) is 3.29. The number of aliphatic carboxylic acids is 1. The Morgan fingerprint density at radius 1 is 1.21 bits per heavy atom. The third-order valence-corrected chi connectivity index (χ3v) is 6.16. The number of nitrogens with zero attached hydrogens (tertiary/aromatic N) is 1. The van der Waals surface area contributed by atoms with E-state index in [1.54, 1.807) is 0 Å². The molecule has 0 radical (unpaired) electrons. The fourth-order valence-electron chi connectivity index (χ4n) is 4.27. The minimum absolute atomic E-state index is 0.165. The van der Waals surface area contributed by atoms with E-state index in [0.29, 0.717) is 19.4 Å². The molecule has 14 N–H and O–H groups in total. The van der Waals surface area contributed by atoms with Crippen LogP contribution >= 0.6 is 0 Å². The van der Waals surface area contributed by atoms with Crippen LogP contribution in [0.5, 0.6) is 0 Å². The second kappa shape index (κ2) is 14.8. The number of primary amides is 1. The molecule has 1 saturated heterocycles. The van der Waals surface area contributed by atoms with E-state index in [1.807, 2.05) is 0 Å². The summed E-state index contributed by atoms with van der Waals surface area (Å²) in [5.41, 5.74) is 16.0. The maximum Gasteiger partial charge on any atom is 0.404 e. The minimum Gasteiger partial charge on any atom is -0.480 e. The molecule has 2 rings (SSSR count). The molecule has 2 aliphatic rings. The first-order chi connectivity index (χ1) is 18.4. The van der Waals surface area contributed by atoms with Crippen LogP contribution in [0.3, 0.4) is 0 Å². The number of hydrogen-bond acceptors (Lipinski definition) is 14. The molecule has 39 heavy (non-hydrogen) atoms. The van der Waals surface area contributed by atoms with Gasteiger partial charge in [0.2, 0.25) is 11.8 Å². The molecular weight excluding hydrogens is 524 g/mol. The van der Waals surface area contributed by atoms with Crippen molar-refractivity contribution in [3.8, 4) is 0 Å². The third kappa shape index (κ3) is 9.15. The zero-order valence-electron chi connectivity index (χ0n) is 21.4. The van der Waals surface area contributed by atoms with Gasteiger partial charge in [0.15, 0.2) is 18.2 Å². The molecule has 18 nitrogen and oxygen atoms in total. The van der Waals surface area contributed by atoms with E-state index in [4.69, 9.17) is 21.9 Å². The highest BCUT2D eigenvalue weighted by Gasteiger charge is 2.47. The SMILES string of the molecule is CC(=O)N[C@@H](CCCN)CC(=O)NC1C(NC2=N[C@H](C(=O)O)[C@@H]([C@H](O)CN)N2)OC(COC(N)=O)C(O)C1O. The molecule has 9 atom stereocenters. The van der Waals surface area contributed by atoms with E-state index < -0.39 is 79.4 Å². The first-order valence-electron chi connectivity index (χ1n) is 12.3. The Morgan fingerprint density at radius 2 is 1.90 bits per heavy atom. The number of hydrogen-bond donors (Lipinski definition) is 11. The van der Waals surface area contributed by atoms with E-state index in [9.17, 15) is 39.6 Å². The number of carboxylic acid groups (broad SMARTS) is 1. The number of carbonyl (C=O) groups is 4. The van der Waals surface area contributed by atoms with E-state index in [0.717, 1.165) is 0 Å². The number of aliphatic hydroxyl groups excluding tert-OH is 3. The average molecular weight is 563 g/mol. The molecule has 0 spiro atoms. The molecule has 2 heterocycles. The van der Waals surface area contributed by atoms with Gasteiger partial charge in [-0.2, -0.15) is 0 Å². The lowest BCUT2D eigenvalue weighted by Crippen LogP contribution is -2.69. The van der Waals surface area contributed by atoms with Crippen LogP contribution in [-0.2, 0) is 23.9 Å². The van der Waals surface area contributed by atoms with E-state index in [-0.39, 0.29) is 24.8 Å². The molecule has 0 aromatic carbocycles. The van der Waals surface area contributed by atoms with Crippen LogP contribution in [0.1, 0.15) is 26.2 Å². The molecule has 0 aromatic rings. The summed E-state index contributed by atoms with van der Waals surface area (Å²) in [5.74, 6) is -2.49. The predicted octanol–water partition coefficient (Wildman–Crippen LogP) is -5.66. The van der Waals surface area contributed by atoms with Gasteiger partial charge in [-0.25, -0.2) is 14.6 Å². The number of guanidine groups is 1. The Kier molecular flexibility index (Phi) is 12.1. The van der Waals surface area contributed by atoms with Crippen LogP contribution in [0, 0.1) is 0 Å². The topological polar surface area (TPSA) is 306 Å². The Hall–Kier alpha value is -3.29. The van der Waals surface area contributed by atoms with Gasteiger partial charge in [-0.15, -0.1) is 0 Å². The third-order valence-electron chi connectivity index (χ3n) is 6.16. The quantitative estimate of drug-likeness (QED) is 0.0997. The van der Waals surface area contributed by atoms with Gasteiger partial charge < -0.3 is 68.4 Å². The van der Waals surface area contributed by atoms with Crippen molar-refractivity contribution in [3.05, 3.63) is 0 Å². The van der Waals surface area contributed by atoms with Gasteiger partial charge in [0, 0.05) is 25.9 Å². The normalized spacial score (nSPS) is 29.8. The molecule has 0 bridgehead atoms. The van der Waals surface area contributed by atoms with Crippen molar-refractivity contribution < 1.29 is 49.1 Å². The second-order valence-electron chi connectivity index (χ2n) is 9.21. The van der Waals surface area contributed by atoms with Crippen LogP contribution in [0.15, 0.2) is 4.99 Å². The lowest BCUT2D eigenvalue weighted by Gasteiger charge is -2.43. The second-order valence-corrected chi connectivity index (χ2v) is 9.21. The number of aliphatic hydroxyl groups is 3. The number of carboxylic acids is 1. The van der Waals surface area contributed by atoms with Gasteiger partial charge in [0.25, 0.3) is 0 Å². The number of aliphatic imine (C=N–C) groups is 1. The number of carbonyl (C=O) groups excluding carboxylic acids is 3. The first-order valence-corrected chi connectivity index (χ1v) is 12.3. The standard InChI is InChI=1S/C21H38N8O10/c1-8(30)25-9(3-2-4-22)5-12(32)26-15-17(34)16(33)11(7-38-20(24)37)39-18(15)29-21-27-13(10(31)6-23)14(28-21)19(35)36/h9-11,13-18,31,33-34H,2-7,22-23H2,1H3,(H2,24,37)(H,25,30)(H,26,32)(H,35,36)(H2,27,28,29)/t9-,10+,11?,13+,14-,15?,16?,17?,18?/m0/s1. The zero-order valence-corrected chi connectivity index (χ0v) is 21.4. The van der Waals surface area contributed by atoms with Crippen molar-refractivity contribution >= 4 is 29.8 Å². The van der Waals surface area contributed by atoms with Crippen LogP contribution in [0.25, 0.3) is 0 Å². The van der Waals surface area contributed by atoms with Crippen molar-refractivity contribution in [2.75, 3.05) is 19.7 Å². The summed E-state index contributed by atoms with van der Waals surface area (Å²) in [6.07, 6.45) is -7.67. The molecule has 5 unspecified atom stereocenters. The van der Waals surface area contributed by atoms with Gasteiger partial charge in [-0.3, -0.25) is 9.59 Å². The lowest BCUT2D eigenvalue weighted by atomic mass is 9.95. The minimum atomic E-state index is -1.67. The number of rotatable bonds is 13. The Morgan fingerprint density at radius 3 is 2.46 bits per heavy atom. The van der Waals surface area contributed by atoms with Gasteiger partial charge in [0.1, 0.15) is 31.0 Å². The maximum absolute atomic E-state index is 12.9. The zero-order chi connectivity index (χ0) is 29.3. The van der Waals surface area contributed by atoms with Crippen LogP contribution in [-0.4, -0.2) is 125 Å². The Balaban J connectivity index is 2.25. The lowest BCUT2D eigenvalue weighted by molar-refractivity contribution is -0.198. The predicted molar refractivity (Wildman–Crippen MR) is 133 cm³/mol. The molecule has 222 valence electrons. The summed E-state index contributed by atoms with van der Waals surface area (Å²) < 4.78 is 10.4. The molecular formula is C21H38N8O10. The van der Waals surface area contributed by atoms with Gasteiger partial charge in [-0.05, 0) is 19.4 Å². The number of nitrogens with one attached hydrogen (secondary N) is 4. The highest BCUT2D eigenvalue weighted by Crippen LogP contribution is 2.22. The summed E-state index contributed by atoms with van der Waals surface area (Å²) in [5, 5.41) is 51.6. The van der Waals surface area contributed by atoms with Gasteiger partial charge in [-0.1, -0.05) is 0 Å². The summed E-state index contributed by atoms with van der Waals surface area (Å²) in [4.78, 5) is 51.1. The molecule has 0 aliphatic carbocycles. The van der Waals surface area contributed by atoms with Gasteiger partial charge in [0.05, 0.1) is 12.1 Å². The molecule has 1 fully saturated rings. The van der Waals surface area contributed by atoms with E-state index in [1.165, 1.54) is 6.92 Å². The summed E-state index contributed by atoms with van der Waals surface area (Å²) >= 11 is 0. The highest BCUT2D eigenvalue weighted by molar-refractivity contribution is 5.89. The van der Waals surface area contributed by atoms with E-state index >= 15 is 0 Å². The fraction of sp³-hybridized carbons (Fsp3) is 0.762. The van der Waals surface area contributed by atoms with Crippen molar-refractivity contribution in [1.29, 1.82) is 0 Å². The Bertz CT molecular complexity index is 908.